The second-order valence-corrected chi connectivity index (χ2v) is 10.00. The Morgan fingerprint density at radius 1 is 0.944 bits per heavy atom. The van der Waals surface area contributed by atoms with E-state index in [2.05, 4.69) is 46.6 Å². The summed E-state index contributed by atoms with van der Waals surface area (Å²) in [4.78, 5) is 13.4. The molecule has 2 aliphatic heterocycles. The van der Waals surface area contributed by atoms with Crippen LogP contribution in [0.2, 0.25) is 0 Å². The summed E-state index contributed by atoms with van der Waals surface area (Å²) in [5, 5.41) is 24.4. The van der Waals surface area contributed by atoms with Gasteiger partial charge < -0.3 is 15.3 Å². The van der Waals surface area contributed by atoms with Crippen molar-refractivity contribution >= 4 is 22.5 Å². The smallest absolute Gasteiger partial charge is 0.269 e. The number of nitrogens with zero attached hydrogens (tertiary/aromatic N) is 2. The topological polar surface area (TPSA) is 78.6 Å². The van der Waals surface area contributed by atoms with Gasteiger partial charge in [0.15, 0.2) is 0 Å². The second kappa shape index (κ2) is 10.6. The molecule has 3 aromatic carbocycles. The molecule has 2 aliphatic rings. The molecular weight excluding hydrogens is 450 g/mol. The number of benzene rings is 3. The van der Waals surface area contributed by atoms with Crippen LogP contribution >= 0.6 is 0 Å². The van der Waals surface area contributed by atoms with Crippen molar-refractivity contribution in [2.45, 2.75) is 25.7 Å². The first kappa shape index (κ1) is 24.2. The highest BCUT2D eigenvalue weighted by Crippen LogP contribution is 2.40. The lowest BCUT2D eigenvalue weighted by molar-refractivity contribution is -0.384. The quantitative estimate of drug-likeness (QED) is 0.251. The van der Waals surface area contributed by atoms with Gasteiger partial charge in [0.25, 0.3) is 5.69 Å². The van der Waals surface area contributed by atoms with E-state index in [1.165, 1.54) is 18.5 Å². The summed E-state index contributed by atoms with van der Waals surface area (Å²) in [5.74, 6) is 0. The third kappa shape index (κ3) is 5.06. The van der Waals surface area contributed by atoms with Crippen molar-refractivity contribution in [3.05, 3.63) is 106 Å². The van der Waals surface area contributed by atoms with Crippen molar-refractivity contribution in [1.82, 2.24) is 5.32 Å². The molecule has 2 fully saturated rings. The molecule has 0 bridgehead atoms. The third-order valence-corrected chi connectivity index (χ3v) is 7.67. The number of hydrogen-bond acceptors (Lipinski definition) is 5. The number of hydrogen-bond donors (Lipinski definition) is 2. The molecule has 2 heterocycles. The second-order valence-electron chi connectivity index (χ2n) is 10.00. The Labute approximate surface area is 212 Å². The van der Waals surface area contributed by atoms with Crippen LogP contribution < -0.4 is 10.2 Å². The number of aliphatic hydroxyl groups is 1. The van der Waals surface area contributed by atoms with E-state index in [0.29, 0.717) is 18.3 Å². The van der Waals surface area contributed by atoms with Crippen molar-refractivity contribution < 1.29 is 10.0 Å². The molecule has 6 nitrogen and oxygen atoms in total. The number of non-ortho nitro benzene ring substituents is 1. The van der Waals surface area contributed by atoms with E-state index in [4.69, 9.17) is 0 Å². The first-order valence-electron chi connectivity index (χ1n) is 12.8. The minimum Gasteiger partial charge on any atom is -0.396 e. The molecule has 1 spiro atoms. The molecule has 1 atom stereocenters. The molecule has 1 unspecified atom stereocenters. The van der Waals surface area contributed by atoms with Crippen molar-refractivity contribution in [1.29, 1.82) is 0 Å². The standard InChI is InChI=1S/C30H33N3O3/c34-20-4-7-28(23-5-2-1-3-6-23)29(25-10-14-27(15-11-25)33(35)36)24-8-12-26(13-9-24)32-19-17-30(22-32)16-18-31-21-30/h1-3,5-6,8-15,31,34H,4,7,16-22H2. The van der Waals surface area contributed by atoms with Crippen LogP contribution in [0.1, 0.15) is 42.4 Å². The van der Waals surface area contributed by atoms with E-state index < -0.39 is 0 Å². The Kier molecular flexibility index (Phi) is 7.16. The van der Waals surface area contributed by atoms with Gasteiger partial charge in [-0.25, -0.2) is 0 Å². The van der Waals surface area contributed by atoms with E-state index in [1.807, 2.05) is 30.3 Å². The molecule has 0 radical (unpaired) electrons. The van der Waals surface area contributed by atoms with Crippen molar-refractivity contribution in [2.24, 2.45) is 5.41 Å². The zero-order valence-corrected chi connectivity index (χ0v) is 20.5. The van der Waals surface area contributed by atoms with Gasteiger partial charge in [0.2, 0.25) is 0 Å². The van der Waals surface area contributed by atoms with Crippen LogP contribution in [0.25, 0.3) is 11.1 Å². The number of allylic oxidation sites excluding steroid dienone is 1. The van der Waals surface area contributed by atoms with E-state index in [0.717, 1.165) is 54.0 Å². The minimum atomic E-state index is -0.367. The van der Waals surface area contributed by atoms with Crippen molar-refractivity contribution in [3.8, 4) is 0 Å². The first-order chi connectivity index (χ1) is 17.6. The molecule has 0 saturated carbocycles. The monoisotopic (exact) mass is 483 g/mol. The lowest BCUT2D eigenvalue weighted by atomic mass is 9.86. The molecule has 36 heavy (non-hydrogen) atoms. The van der Waals surface area contributed by atoms with Gasteiger partial charge in [0.05, 0.1) is 4.92 Å². The number of rotatable bonds is 8. The summed E-state index contributed by atoms with van der Waals surface area (Å²) >= 11 is 0. The lowest BCUT2D eigenvalue weighted by Crippen LogP contribution is -2.29. The Hall–Kier alpha value is -3.48. The van der Waals surface area contributed by atoms with Crippen molar-refractivity contribution in [2.75, 3.05) is 37.7 Å². The zero-order chi connectivity index (χ0) is 25.0. The maximum Gasteiger partial charge on any atom is 0.269 e. The number of nitro benzene ring substituents is 1. The maximum absolute atomic E-state index is 11.3. The van der Waals surface area contributed by atoms with Crippen molar-refractivity contribution in [3.63, 3.8) is 0 Å². The molecule has 0 aliphatic carbocycles. The van der Waals surface area contributed by atoms with Crippen LogP contribution in [-0.2, 0) is 0 Å². The average molecular weight is 484 g/mol. The third-order valence-electron chi connectivity index (χ3n) is 7.67. The summed E-state index contributed by atoms with van der Waals surface area (Å²) in [6.45, 7) is 4.51. The van der Waals surface area contributed by atoms with Gasteiger partial charge in [-0.3, -0.25) is 10.1 Å². The van der Waals surface area contributed by atoms with Crippen LogP contribution in [0.15, 0.2) is 78.9 Å². The molecular formula is C30H33N3O3. The van der Waals surface area contributed by atoms with E-state index in [-0.39, 0.29) is 17.2 Å². The van der Waals surface area contributed by atoms with Gasteiger partial charge in [0, 0.05) is 49.5 Å². The molecule has 186 valence electrons. The normalized spacial score (nSPS) is 20.1. The van der Waals surface area contributed by atoms with Crippen LogP contribution in [0.5, 0.6) is 0 Å². The highest BCUT2D eigenvalue weighted by atomic mass is 16.6. The number of nitro groups is 1. The average Bonchev–Trinajstić information content (AvgIpc) is 3.57. The Morgan fingerprint density at radius 3 is 2.25 bits per heavy atom. The Bertz CT molecular complexity index is 1210. The van der Waals surface area contributed by atoms with Crippen LogP contribution in [0, 0.1) is 15.5 Å². The van der Waals surface area contributed by atoms with Gasteiger partial charge in [-0.2, -0.15) is 0 Å². The number of aliphatic hydroxyl groups excluding tert-OH is 1. The summed E-state index contributed by atoms with van der Waals surface area (Å²) < 4.78 is 0. The van der Waals surface area contributed by atoms with Gasteiger partial charge in [-0.1, -0.05) is 42.5 Å². The fraction of sp³-hybridized carbons (Fsp3) is 0.333. The molecule has 5 rings (SSSR count). The summed E-state index contributed by atoms with van der Waals surface area (Å²) in [6, 6.07) is 25.8. The molecule has 0 aromatic heterocycles. The SMILES string of the molecule is O=[N+]([O-])c1ccc(C(=C(CCCO)c2ccccc2)c2ccc(N3CCC4(CCNC4)C3)cc2)cc1. The van der Waals surface area contributed by atoms with E-state index in [9.17, 15) is 15.2 Å². The summed E-state index contributed by atoms with van der Waals surface area (Å²) in [7, 11) is 0. The molecule has 2 saturated heterocycles. The fourth-order valence-corrected chi connectivity index (χ4v) is 5.71. The zero-order valence-electron chi connectivity index (χ0n) is 20.5. The molecule has 6 heteroatoms. The van der Waals surface area contributed by atoms with Gasteiger partial charge in [-0.15, -0.1) is 0 Å². The fourth-order valence-electron chi connectivity index (χ4n) is 5.71. The summed E-state index contributed by atoms with van der Waals surface area (Å²) in [6.07, 6.45) is 3.83. The highest BCUT2D eigenvalue weighted by molar-refractivity contribution is 5.98. The van der Waals surface area contributed by atoms with Crippen LogP contribution in [-0.4, -0.2) is 42.8 Å². The predicted octanol–water partition coefficient (Wildman–Crippen LogP) is 5.52. The van der Waals surface area contributed by atoms with Gasteiger partial charge in [-0.05, 0) is 84.3 Å². The molecule has 3 aromatic rings. The minimum absolute atomic E-state index is 0.0782. The molecule has 2 N–H and O–H groups in total. The number of anilines is 1. The Balaban J connectivity index is 1.55. The van der Waals surface area contributed by atoms with Crippen LogP contribution in [0.4, 0.5) is 11.4 Å². The van der Waals surface area contributed by atoms with E-state index >= 15 is 0 Å². The highest BCUT2D eigenvalue weighted by Gasteiger charge is 2.40. The summed E-state index contributed by atoms with van der Waals surface area (Å²) in [5.41, 5.74) is 7.00. The predicted molar refractivity (Wildman–Crippen MR) is 145 cm³/mol. The van der Waals surface area contributed by atoms with Gasteiger partial charge >= 0.3 is 0 Å². The van der Waals surface area contributed by atoms with E-state index in [1.54, 1.807) is 12.1 Å². The number of nitrogens with one attached hydrogen (secondary N) is 1. The Morgan fingerprint density at radius 2 is 1.64 bits per heavy atom. The van der Waals surface area contributed by atoms with Gasteiger partial charge in [0.1, 0.15) is 0 Å². The maximum atomic E-state index is 11.3. The molecule has 0 amide bonds. The first-order valence-corrected chi connectivity index (χ1v) is 12.8. The van der Waals surface area contributed by atoms with Crippen LogP contribution in [0.3, 0.4) is 0 Å². The largest absolute Gasteiger partial charge is 0.396 e. The lowest BCUT2D eigenvalue weighted by Gasteiger charge is -2.24.